The maximum Gasteiger partial charge on any atom is 0.469 e. The molecule has 1 aliphatic rings. The quantitative estimate of drug-likeness (QED) is 0.288. The Labute approximate surface area is 128 Å². The molecular formula is C10H14N5O7P. The summed E-state index contributed by atoms with van der Waals surface area (Å²) in [6.07, 6.45) is -0.419. The number of phosphoric acid groups is 1. The molecule has 0 bridgehead atoms. The fraction of sp³-hybridized carbons (Fsp3) is 0.600. The van der Waals surface area contributed by atoms with Crippen LogP contribution in [0.15, 0.2) is 20.9 Å². The first-order valence-electron chi connectivity index (χ1n) is 6.43. The molecule has 0 saturated carbocycles. The number of aromatic nitrogens is 2. The second-order valence-corrected chi connectivity index (χ2v) is 6.14. The molecule has 3 N–H and O–H groups in total. The lowest BCUT2D eigenvalue weighted by molar-refractivity contribution is -0.0268. The van der Waals surface area contributed by atoms with Crippen molar-refractivity contribution in [2.75, 3.05) is 6.61 Å². The van der Waals surface area contributed by atoms with Crippen molar-refractivity contribution in [2.24, 2.45) is 5.11 Å². The monoisotopic (exact) mass is 347 g/mol. The molecule has 23 heavy (non-hydrogen) atoms. The summed E-state index contributed by atoms with van der Waals surface area (Å²) in [5.74, 6) is 0. The third-order valence-electron chi connectivity index (χ3n) is 3.27. The molecule has 0 aromatic carbocycles. The Morgan fingerprint density at radius 1 is 1.61 bits per heavy atom. The second kappa shape index (κ2) is 6.67. The molecule has 0 amide bonds. The van der Waals surface area contributed by atoms with Crippen molar-refractivity contribution in [2.45, 2.75) is 31.7 Å². The van der Waals surface area contributed by atoms with Crippen LogP contribution in [0.2, 0.25) is 0 Å². The molecule has 1 fully saturated rings. The van der Waals surface area contributed by atoms with Gasteiger partial charge in [0.1, 0.15) is 6.23 Å². The van der Waals surface area contributed by atoms with Crippen LogP contribution in [0.4, 0.5) is 0 Å². The van der Waals surface area contributed by atoms with Gasteiger partial charge in [0.05, 0.1) is 18.8 Å². The summed E-state index contributed by atoms with van der Waals surface area (Å²) >= 11 is 0. The lowest BCUT2D eigenvalue weighted by atomic mass is 10.1. The van der Waals surface area contributed by atoms with Gasteiger partial charge in [-0.15, -0.1) is 0 Å². The highest BCUT2D eigenvalue weighted by molar-refractivity contribution is 7.46. The minimum Gasteiger partial charge on any atom is -0.352 e. The Morgan fingerprint density at radius 3 is 2.91 bits per heavy atom. The number of nitrogens with zero attached hydrogens (tertiary/aromatic N) is 4. The molecule has 0 spiro atoms. The van der Waals surface area contributed by atoms with E-state index < -0.39 is 44.1 Å². The number of aryl methyl sites for hydroxylation is 1. The highest BCUT2D eigenvalue weighted by Gasteiger charge is 2.37. The van der Waals surface area contributed by atoms with Crippen molar-refractivity contribution in [3.8, 4) is 0 Å². The van der Waals surface area contributed by atoms with Crippen LogP contribution in [0.5, 0.6) is 0 Å². The molecule has 0 radical (unpaired) electrons. The summed E-state index contributed by atoms with van der Waals surface area (Å²) in [5.41, 5.74) is 7.60. The van der Waals surface area contributed by atoms with Gasteiger partial charge in [-0.1, -0.05) is 5.11 Å². The molecule has 126 valence electrons. The van der Waals surface area contributed by atoms with Gasteiger partial charge in [0.15, 0.2) is 0 Å². The third-order valence-corrected chi connectivity index (χ3v) is 3.75. The molecule has 3 atom stereocenters. The zero-order valence-electron chi connectivity index (χ0n) is 11.9. The van der Waals surface area contributed by atoms with E-state index in [1.165, 1.54) is 13.1 Å². The number of hydrogen-bond donors (Lipinski definition) is 3. The van der Waals surface area contributed by atoms with Crippen LogP contribution in [0.1, 0.15) is 18.2 Å². The van der Waals surface area contributed by atoms with Crippen molar-refractivity contribution in [1.82, 2.24) is 9.55 Å². The molecule has 0 aliphatic carbocycles. The minimum absolute atomic E-state index is 0.0879. The fourth-order valence-corrected chi connectivity index (χ4v) is 2.54. The number of aromatic amines is 1. The molecule has 2 heterocycles. The zero-order chi connectivity index (χ0) is 17.2. The van der Waals surface area contributed by atoms with Gasteiger partial charge in [-0.25, -0.2) is 9.36 Å². The lowest BCUT2D eigenvalue weighted by Crippen LogP contribution is -2.33. The topological polar surface area (TPSA) is 180 Å². The van der Waals surface area contributed by atoms with E-state index >= 15 is 0 Å². The van der Waals surface area contributed by atoms with E-state index in [1.54, 1.807) is 0 Å². The predicted octanol–water partition coefficient (Wildman–Crippen LogP) is -0.0793. The highest BCUT2D eigenvalue weighted by Crippen LogP contribution is 2.38. The fourth-order valence-electron chi connectivity index (χ4n) is 2.19. The van der Waals surface area contributed by atoms with E-state index in [4.69, 9.17) is 20.1 Å². The number of azide groups is 1. The van der Waals surface area contributed by atoms with Crippen LogP contribution in [-0.2, 0) is 13.8 Å². The van der Waals surface area contributed by atoms with Crippen molar-refractivity contribution in [1.29, 1.82) is 0 Å². The van der Waals surface area contributed by atoms with Gasteiger partial charge >= 0.3 is 13.5 Å². The van der Waals surface area contributed by atoms with Crippen molar-refractivity contribution in [3.05, 3.63) is 43.0 Å². The van der Waals surface area contributed by atoms with Gasteiger partial charge < -0.3 is 14.5 Å². The first-order valence-corrected chi connectivity index (χ1v) is 7.96. The zero-order valence-corrected chi connectivity index (χ0v) is 12.8. The summed E-state index contributed by atoms with van der Waals surface area (Å²) in [4.78, 5) is 45.4. The standard InChI is InChI=1S/C10H14N5O7P/c1-5-3-15(10(17)12-9(5)16)8-2-6(13-14-11)7(22-8)4-21-23(18,19)20/h3,6-8H,2,4H2,1H3,(H,12,16,17)(H2,18,19,20)/t6-,7+,8-/m1/s1. The summed E-state index contributed by atoms with van der Waals surface area (Å²) < 4.78 is 21.7. The highest BCUT2D eigenvalue weighted by atomic mass is 31.2. The van der Waals surface area contributed by atoms with Crippen molar-refractivity contribution in [3.63, 3.8) is 0 Å². The maximum atomic E-state index is 11.8. The number of H-pyrrole nitrogens is 1. The van der Waals surface area contributed by atoms with Crippen LogP contribution >= 0.6 is 7.82 Å². The first-order chi connectivity index (χ1) is 10.7. The largest absolute Gasteiger partial charge is 0.469 e. The Hall–Kier alpha value is -1.94. The van der Waals surface area contributed by atoms with Crippen LogP contribution in [0, 0.1) is 6.92 Å². The van der Waals surface area contributed by atoms with E-state index in [2.05, 4.69) is 19.5 Å². The SMILES string of the molecule is Cc1cn([C@H]2C[C@@H](N=[N+]=[N-])[C@H](COP(=O)(O)O)O2)c(=O)[nH]c1=O. The van der Waals surface area contributed by atoms with Gasteiger partial charge in [0.25, 0.3) is 5.56 Å². The minimum atomic E-state index is -4.71. The van der Waals surface area contributed by atoms with E-state index in [1.807, 2.05) is 0 Å². The van der Waals surface area contributed by atoms with Crippen LogP contribution < -0.4 is 11.2 Å². The Balaban J connectivity index is 2.24. The molecular weight excluding hydrogens is 333 g/mol. The number of phosphoric ester groups is 1. The molecule has 1 aliphatic heterocycles. The Morgan fingerprint density at radius 2 is 2.30 bits per heavy atom. The molecule has 1 aromatic rings. The van der Waals surface area contributed by atoms with Gasteiger partial charge in [-0.3, -0.25) is 18.9 Å². The Bertz CT molecular complexity index is 792. The molecule has 2 rings (SSSR count). The number of ether oxygens (including phenoxy) is 1. The summed E-state index contributed by atoms with van der Waals surface area (Å²) in [7, 11) is -4.71. The number of nitrogens with one attached hydrogen (secondary N) is 1. The van der Waals surface area contributed by atoms with Gasteiger partial charge in [-0.05, 0) is 12.5 Å². The predicted molar refractivity (Wildman–Crippen MR) is 75.5 cm³/mol. The Kier molecular flexibility index (Phi) is 5.05. The smallest absolute Gasteiger partial charge is 0.352 e. The lowest BCUT2D eigenvalue weighted by Gasteiger charge is -2.17. The summed E-state index contributed by atoms with van der Waals surface area (Å²) in [6.45, 7) is 0.991. The second-order valence-electron chi connectivity index (χ2n) is 4.90. The van der Waals surface area contributed by atoms with Crippen LogP contribution in [-0.4, -0.2) is 38.1 Å². The molecule has 1 saturated heterocycles. The van der Waals surface area contributed by atoms with Gasteiger partial charge in [0, 0.05) is 23.1 Å². The molecule has 13 heteroatoms. The van der Waals surface area contributed by atoms with Crippen molar-refractivity contribution >= 4 is 7.82 Å². The maximum absolute atomic E-state index is 11.8. The molecule has 1 aromatic heterocycles. The van der Waals surface area contributed by atoms with Gasteiger partial charge in [-0.2, -0.15) is 0 Å². The number of hydrogen-bond acceptors (Lipinski definition) is 6. The van der Waals surface area contributed by atoms with E-state index in [0.29, 0.717) is 0 Å². The summed E-state index contributed by atoms with van der Waals surface area (Å²) in [5, 5.41) is 3.49. The average Bonchev–Trinajstić information content (AvgIpc) is 2.83. The average molecular weight is 347 g/mol. The normalized spacial score (nSPS) is 24.4. The van der Waals surface area contributed by atoms with E-state index in [-0.39, 0.29) is 12.0 Å². The molecule has 12 nitrogen and oxygen atoms in total. The van der Waals surface area contributed by atoms with Crippen LogP contribution in [0.3, 0.4) is 0 Å². The number of rotatable bonds is 5. The van der Waals surface area contributed by atoms with Crippen molar-refractivity contribution < 1.29 is 23.6 Å². The summed E-state index contributed by atoms with van der Waals surface area (Å²) in [6, 6.07) is -0.782. The van der Waals surface area contributed by atoms with E-state index in [0.717, 1.165) is 4.57 Å². The van der Waals surface area contributed by atoms with E-state index in [9.17, 15) is 14.2 Å². The first kappa shape index (κ1) is 17.4. The van der Waals surface area contributed by atoms with Crippen LogP contribution in [0.25, 0.3) is 10.4 Å². The van der Waals surface area contributed by atoms with Gasteiger partial charge in [0.2, 0.25) is 0 Å². The third kappa shape index (κ3) is 4.29. The molecule has 0 unspecified atom stereocenters.